The molecule has 3 rings (SSSR count). The normalized spacial score (nSPS) is 10.5. The van der Waals surface area contributed by atoms with E-state index in [-0.39, 0.29) is 18.1 Å². The first-order valence-corrected chi connectivity index (χ1v) is 8.24. The summed E-state index contributed by atoms with van der Waals surface area (Å²) in [7, 11) is 1.70. The van der Waals surface area contributed by atoms with E-state index >= 15 is 0 Å². The van der Waals surface area contributed by atoms with Crippen molar-refractivity contribution in [2.75, 3.05) is 20.2 Å². The van der Waals surface area contributed by atoms with E-state index < -0.39 is 0 Å². The zero-order valence-electron chi connectivity index (χ0n) is 14.4. The van der Waals surface area contributed by atoms with Crippen molar-refractivity contribution >= 4 is 5.91 Å². The number of aromatic nitrogens is 1. The standard InChI is InChI=1S/C20H19FN2O3/c1-23(11-12-25-18-9-7-16(21)8-10-18)19(24)13-17-14-26-20(22-17)15-5-3-2-4-6-15/h2-10,14H,11-13H2,1H3. The van der Waals surface area contributed by atoms with Crippen molar-refractivity contribution in [1.82, 2.24) is 9.88 Å². The first-order chi connectivity index (χ1) is 12.6. The first kappa shape index (κ1) is 17.7. The van der Waals surface area contributed by atoms with Gasteiger partial charge in [0.05, 0.1) is 18.7 Å². The quantitative estimate of drug-likeness (QED) is 0.651. The predicted octanol–water partition coefficient (Wildman–Crippen LogP) is 3.56. The lowest BCUT2D eigenvalue weighted by atomic mass is 10.2. The summed E-state index contributed by atoms with van der Waals surface area (Å²) in [5.74, 6) is 0.666. The van der Waals surface area contributed by atoms with Gasteiger partial charge in [0, 0.05) is 12.6 Å². The molecule has 0 fully saturated rings. The molecule has 0 aliphatic heterocycles. The number of benzene rings is 2. The van der Waals surface area contributed by atoms with Gasteiger partial charge in [-0.1, -0.05) is 18.2 Å². The summed E-state index contributed by atoms with van der Waals surface area (Å²) in [5.41, 5.74) is 1.45. The monoisotopic (exact) mass is 354 g/mol. The van der Waals surface area contributed by atoms with Crippen molar-refractivity contribution in [3.05, 3.63) is 72.4 Å². The fourth-order valence-electron chi connectivity index (χ4n) is 2.35. The highest BCUT2D eigenvalue weighted by molar-refractivity contribution is 5.78. The number of halogens is 1. The van der Waals surface area contributed by atoms with Gasteiger partial charge < -0.3 is 14.1 Å². The molecule has 0 bridgehead atoms. The van der Waals surface area contributed by atoms with Crippen LogP contribution in [0.1, 0.15) is 5.69 Å². The lowest BCUT2D eigenvalue weighted by Crippen LogP contribution is -2.32. The smallest absolute Gasteiger partial charge is 0.228 e. The van der Waals surface area contributed by atoms with E-state index in [4.69, 9.17) is 9.15 Å². The van der Waals surface area contributed by atoms with Gasteiger partial charge in [-0.15, -0.1) is 0 Å². The summed E-state index contributed by atoms with van der Waals surface area (Å²) in [4.78, 5) is 18.2. The Morgan fingerprint density at radius 1 is 1.15 bits per heavy atom. The van der Waals surface area contributed by atoms with Crippen LogP contribution < -0.4 is 4.74 Å². The predicted molar refractivity (Wildman–Crippen MR) is 95.2 cm³/mol. The molecule has 0 atom stereocenters. The van der Waals surface area contributed by atoms with Crippen LogP contribution in [0, 0.1) is 5.82 Å². The minimum Gasteiger partial charge on any atom is -0.492 e. The summed E-state index contributed by atoms with van der Waals surface area (Å²) in [6, 6.07) is 15.3. The van der Waals surface area contributed by atoms with Crippen LogP contribution in [0.25, 0.3) is 11.5 Å². The molecule has 5 nitrogen and oxygen atoms in total. The molecule has 1 aromatic heterocycles. The van der Waals surface area contributed by atoms with Crippen LogP contribution >= 0.6 is 0 Å². The van der Waals surface area contributed by atoms with Crippen molar-refractivity contribution in [2.24, 2.45) is 0 Å². The Morgan fingerprint density at radius 2 is 1.88 bits per heavy atom. The van der Waals surface area contributed by atoms with Crippen molar-refractivity contribution in [3.8, 4) is 17.2 Å². The SMILES string of the molecule is CN(CCOc1ccc(F)cc1)C(=O)Cc1coc(-c2ccccc2)n1. The van der Waals surface area contributed by atoms with Crippen molar-refractivity contribution < 1.29 is 18.3 Å². The Balaban J connectivity index is 1.48. The second-order valence-electron chi connectivity index (χ2n) is 5.80. The van der Waals surface area contributed by atoms with Crippen molar-refractivity contribution in [1.29, 1.82) is 0 Å². The first-order valence-electron chi connectivity index (χ1n) is 8.24. The van der Waals surface area contributed by atoms with Crippen LogP contribution in [-0.4, -0.2) is 36.0 Å². The molecule has 1 amide bonds. The van der Waals surface area contributed by atoms with Crippen LogP contribution in [0.4, 0.5) is 4.39 Å². The summed E-state index contributed by atoms with van der Waals surface area (Å²) < 4.78 is 23.8. The molecule has 134 valence electrons. The third-order valence-electron chi connectivity index (χ3n) is 3.84. The van der Waals surface area contributed by atoms with Crippen LogP contribution in [0.3, 0.4) is 0 Å². The van der Waals surface area contributed by atoms with E-state index in [1.807, 2.05) is 30.3 Å². The maximum Gasteiger partial charge on any atom is 0.228 e. The number of amides is 1. The molecule has 0 saturated carbocycles. The topological polar surface area (TPSA) is 55.6 Å². The number of rotatable bonds is 7. The molecule has 0 N–H and O–H groups in total. The van der Waals surface area contributed by atoms with Gasteiger partial charge in [0.25, 0.3) is 0 Å². The van der Waals surface area contributed by atoms with Crippen LogP contribution in [0.5, 0.6) is 5.75 Å². The average Bonchev–Trinajstić information content (AvgIpc) is 3.12. The summed E-state index contributed by atoms with van der Waals surface area (Å²) in [6.45, 7) is 0.738. The van der Waals surface area contributed by atoms with Crippen LogP contribution in [0.2, 0.25) is 0 Å². The molecule has 0 saturated heterocycles. The third-order valence-corrected chi connectivity index (χ3v) is 3.84. The van der Waals surface area contributed by atoms with Crippen LogP contribution in [-0.2, 0) is 11.2 Å². The molecule has 1 heterocycles. The number of carbonyl (C=O) groups excluding carboxylic acids is 1. The molecule has 0 aliphatic rings. The number of nitrogens with zero attached hydrogens (tertiary/aromatic N) is 2. The fraction of sp³-hybridized carbons (Fsp3) is 0.200. The Hall–Kier alpha value is -3.15. The summed E-state index contributed by atoms with van der Waals surface area (Å²) >= 11 is 0. The Morgan fingerprint density at radius 3 is 2.62 bits per heavy atom. The Bertz CT molecular complexity index is 847. The molecule has 26 heavy (non-hydrogen) atoms. The van der Waals surface area contributed by atoms with Gasteiger partial charge >= 0.3 is 0 Å². The van der Waals surface area contributed by atoms with Crippen LogP contribution in [0.15, 0.2) is 65.3 Å². The lowest BCUT2D eigenvalue weighted by Gasteiger charge is -2.16. The van der Waals surface area contributed by atoms with E-state index in [0.717, 1.165) is 5.56 Å². The molecular weight excluding hydrogens is 335 g/mol. The fourth-order valence-corrected chi connectivity index (χ4v) is 2.35. The zero-order valence-corrected chi connectivity index (χ0v) is 14.4. The highest BCUT2D eigenvalue weighted by atomic mass is 19.1. The number of hydrogen-bond acceptors (Lipinski definition) is 4. The molecular formula is C20H19FN2O3. The number of oxazole rings is 1. The maximum absolute atomic E-state index is 12.8. The van der Waals surface area contributed by atoms with Crippen molar-refractivity contribution in [2.45, 2.75) is 6.42 Å². The molecule has 0 radical (unpaired) electrons. The van der Waals surface area contributed by atoms with E-state index in [1.54, 1.807) is 24.1 Å². The third kappa shape index (κ3) is 4.69. The van der Waals surface area contributed by atoms with Gasteiger partial charge in [0.15, 0.2) is 0 Å². The summed E-state index contributed by atoms with van der Waals surface area (Å²) in [5, 5.41) is 0. The largest absolute Gasteiger partial charge is 0.492 e. The molecule has 0 spiro atoms. The van der Waals surface area contributed by atoms with Crippen molar-refractivity contribution in [3.63, 3.8) is 0 Å². The number of carbonyl (C=O) groups is 1. The Kier molecular flexibility index (Phi) is 5.63. The lowest BCUT2D eigenvalue weighted by molar-refractivity contribution is -0.129. The summed E-state index contributed by atoms with van der Waals surface area (Å²) in [6.07, 6.45) is 1.66. The average molecular weight is 354 g/mol. The minimum atomic E-state index is -0.313. The number of likely N-dealkylation sites (N-methyl/N-ethyl adjacent to an activating group) is 1. The number of ether oxygens (including phenoxy) is 1. The Labute approximate surface area is 151 Å². The highest BCUT2D eigenvalue weighted by Crippen LogP contribution is 2.18. The molecule has 0 aliphatic carbocycles. The molecule has 6 heteroatoms. The second-order valence-corrected chi connectivity index (χ2v) is 5.80. The van der Waals surface area contributed by atoms with E-state index in [2.05, 4.69) is 4.98 Å². The van der Waals surface area contributed by atoms with E-state index in [0.29, 0.717) is 30.5 Å². The molecule has 3 aromatic rings. The molecule has 0 unspecified atom stereocenters. The van der Waals surface area contributed by atoms with Gasteiger partial charge in [0.2, 0.25) is 11.8 Å². The van der Waals surface area contributed by atoms with Gasteiger partial charge in [0.1, 0.15) is 24.4 Å². The van der Waals surface area contributed by atoms with Gasteiger partial charge in [-0.25, -0.2) is 9.37 Å². The maximum atomic E-state index is 12.8. The van der Waals surface area contributed by atoms with Gasteiger partial charge in [-0.3, -0.25) is 4.79 Å². The van der Waals surface area contributed by atoms with E-state index in [9.17, 15) is 9.18 Å². The minimum absolute atomic E-state index is 0.0828. The zero-order chi connectivity index (χ0) is 18.4. The number of hydrogen-bond donors (Lipinski definition) is 0. The second kappa shape index (κ2) is 8.29. The highest BCUT2D eigenvalue weighted by Gasteiger charge is 2.14. The molecule has 2 aromatic carbocycles. The van der Waals surface area contributed by atoms with E-state index in [1.165, 1.54) is 18.4 Å². The van der Waals surface area contributed by atoms with Gasteiger partial charge in [-0.2, -0.15) is 0 Å². The van der Waals surface area contributed by atoms with Gasteiger partial charge in [-0.05, 0) is 36.4 Å².